The topological polar surface area (TPSA) is 40.9 Å². The Labute approximate surface area is 94.1 Å². The summed E-state index contributed by atoms with van der Waals surface area (Å²) in [5.41, 5.74) is 2.62. The van der Waals surface area contributed by atoms with Crippen LogP contribution in [-0.2, 0) is 0 Å². The molecule has 1 N–H and O–H groups in total. The van der Waals surface area contributed by atoms with Crippen molar-refractivity contribution in [3.8, 4) is 11.1 Å². The third-order valence-electron chi connectivity index (χ3n) is 2.39. The molecule has 0 heterocycles. The van der Waals surface area contributed by atoms with Crippen LogP contribution in [0, 0.1) is 5.41 Å². The maximum atomic E-state index is 11.4. The molecule has 2 aromatic rings. The average molecular weight is 209 g/mol. The third-order valence-corrected chi connectivity index (χ3v) is 2.39. The number of nitrogens with one attached hydrogen (secondary N) is 1. The first kappa shape index (κ1) is 10.3. The molecule has 0 spiro atoms. The molecule has 2 rings (SSSR count). The Kier molecular flexibility index (Phi) is 2.92. The lowest BCUT2D eigenvalue weighted by atomic mass is 10.0. The van der Waals surface area contributed by atoms with Gasteiger partial charge in [0.25, 0.3) is 0 Å². The van der Waals surface area contributed by atoms with E-state index in [1.54, 1.807) is 6.07 Å². The Morgan fingerprint density at radius 2 is 1.62 bits per heavy atom. The summed E-state index contributed by atoms with van der Waals surface area (Å²) in [5, 5.41) is 6.95. The summed E-state index contributed by atoms with van der Waals surface area (Å²) in [4.78, 5) is 11.4. The van der Waals surface area contributed by atoms with Crippen LogP contribution in [0.2, 0.25) is 0 Å². The van der Waals surface area contributed by atoms with Crippen LogP contribution >= 0.6 is 0 Å². The van der Waals surface area contributed by atoms with Crippen molar-refractivity contribution < 1.29 is 4.79 Å². The Morgan fingerprint density at radius 3 is 2.31 bits per heavy atom. The number of rotatable bonds is 3. The smallest absolute Gasteiger partial charge is 0.203 e. The number of benzene rings is 2. The van der Waals surface area contributed by atoms with Crippen molar-refractivity contribution in [1.82, 2.24) is 0 Å². The maximum absolute atomic E-state index is 11.4. The van der Waals surface area contributed by atoms with Gasteiger partial charge in [0, 0.05) is 5.56 Å². The van der Waals surface area contributed by atoms with E-state index in [1.807, 2.05) is 48.5 Å². The third kappa shape index (κ3) is 2.06. The van der Waals surface area contributed by atoms with E-state index in [4.69, 9.17) is 5.41 Å². The second-order valence-corrected chi connectivity index (χ2v) is 3.46. The molecule has 2 nitrogen and oxygen atoms in total. The van der Waals surface area contributed by atoms with Gasteiger partial charge < -0.3 is 5.41 Å². The zero-order valence-electron chi connectivity index (χ0n) is 8.68. The highest BCUT2D eigenvalue weighted by atomic mass is 16.1. The normalized spacial score (nSPS) is 9.75. The van der Waals surface area contributed by atoms with Gasteiger partial charge in [-0.05, 0) is 17.2 Å². The number of carbonyl (C=O) groups excluding carboxylic acids is 1. The fourth-order valence-electron chi connectivity index (χ4n) is 1.57. The maximum Gasteiger partial charge on any atom is 0.203 e. The van der Waals surface area contributed by atoms with Crippen LogP contribution in [0.15, 0.2) is 54.6 Å². The summed E-state index contributed by atoms with van der Waals surface area (Å²) >= 11 is 0. The molecule has 2 aromatic carbocycles. The summed E-state index contributed by atoms with van der Waals surface area (Å²) in [5.74, 6) is -0.266. The van der Waals surface area contributed by atoms with Crippen molar-refractivity contribution in [2.75, 3.05) is 0 Å². The van der Waals surface area contributed by atoms with Crippen molar-refractivity contribution in [2.24, 2.45) is 0 Å². The van der Waals surface area contributed by atoms with Crippen molar-refractivity contribution >= 4 is 12.0 Å². The molecule has 0 aliphatic rings. The van der Waals surface area contributed by atoms with Crippen LogP contribution < -0.4 is 0 Å². The van der Waals surface area contributed by atoms with Crippen LogP contribution in [0.1, 0.15) is 10.4 Å². The minimum Gasteiger partial charge on any atom is -0.305 e. The Morgan fingerprint density at radius 1 is 0.938 bits per heavy atom. The van der Waals surface area contributed by atoms with Gasteiger partial charge in [0.15, 0.2) is 0 Å². The highest BCUT2D eigenvalue weighted by Gasteiger charge is 2.03. The van der Waals surface area contributed by atoms with Gasteiger partial charge in [-0.1, -0.05) is 48.5 Å². The monoisotopic (exact) mass is 209 g/mol. The van der Waals surface area contributed by atoms with E-state index in [0.29, 0.717) is 5.56 Å². The van der Waals surface area contributed by atoms with Crippen LogP contribution in [0.4, 0.5) is 0 Å². The van der Waals surface area contributed by atoms with E-state index in [2.05, 4.69) is 0 Å². The molecule has 0 radical (unpaired) electrons. The molecule has 0 aliphatic heterocycles. The van der Waals surface area contributed by atoms with Crippen LogP contribution in [0.5, 0.6) is 0 Å². The fraction of sp³-hybridized carbons (Fsp3) is 0. The molecule has 0 bridgehead atoms. The molecule has 16 heavy (non-hydrogen) atoms. The predicted octanol–water partition coefficient (Wildman–Crippen LogP) is 3.19. The molecule has 0 aromatic heterocycles. The molecular weight excluding hydrogens is 198 g/mol. The van der Waals surface area contributed by atoms with Gasteiger partial charge in [-0.25, -0.2) is 0 Å². The average Bonchev–Trinajstić information content (AvgIpc) is 2.39. The predicted molar refractivity (Wildman–Crippen MR) is 65.0 cm³/mol. The summed E-state index contributed by atoms with van der Waals surface area (Å²) in [6.45, 7) is 0. The minimum atomic E-state index is -0.266. The standard InChI is InChI=1S/C14H11NO/c15-10-14(16)13-8-4-7-12(9-13)11-5-2-1-3-6-11/h1-10,15H. The number of ketones is 1. The Hall–Kier alpha value is -2.22. The van der Waals surface area contributed by atoms with Gasteiger partial charge in [-0.15, -0.1) is 0 Å². The van der Waals surface area contributed by atoms with Crippen molar-refractivity contribution in [2.45, 2.75) is 0 Å². The quantitative estimate of drug-likeness (QED) is 0.612. The van der Waals surface area contributed by atoms with Crippen molar-refractivity contribution in [1.29, 1.82) is 5.41 Å². The van der Waals surface area contributed by atoms with E-state index in [0.717, 1.165) is 17.3 Å². The summed E-state index contributed by atoms with van der Waals surface area (Å²) < 4.78 is 0. The molecular formula is C14H11NO. The van der Waals surface area contributed by atoms with Gasteiger partial charge in [-0.2, -0.15) is 0 Å². The summed E-state index contributed by atoms with van der Waals surface area (Å²) in [7, 11) is 0. The van der Waals surface area contributed by atoms with E-state index in [-0.39, 0.29) is 5.78 Å². The largest absolute Gasteiger partial charge is 0.305 e. The lowest BCUT2D eigenvalue weighted by molar-refractivity contribution is 0.107. The Bertz CT molecular complexity index is 517. The number of hydrogen-bond donors (Lipinski definition) is 1. The molecule has 0 atom stereocenters. The highest BCUT2D eigenvalue weighted by molar-refractivity contribution is 6.34. The number of carbonyl (C=O) groups is 1. The van der Waals surface area contributed by atoms with Gasteiger partial charge in [0.1, 0.15) is 0 Å². The van der Waals surface area contributed by atoms with Crippen LogP contribution in [0.3, 0.4) is 0 Å². The first-order chi connectivity index (χ1) is 7.81. The van der Waals surface area contributed by atoms with Gasteiger partial charge in [0.2, 0.25) is 5.78 Å². The van der Waals surface area contributed by atoms with Crippen LogP contribution in [-0.4, -0.2) is 12.0 Å². The van der Waals surface area contributed by atoms with E-state index >= 15 is 0 Å². The lowest BCUT2D eigenvalue weighted by Gasteiger charge is -2.02. The minimum absolute atomic E-state index is 0.266. The first-order valence-electron chi connectivity index (χ1n) is 5.01. The van der Waals surface area contributed by atoms with E-state index in [1.165, 1.54) is 0 Å². The molecule has 2 heteroatoms. The number of Topliss-reactive ketones (excluding diaryl/α,β-unsaturated/α-hetero) is 1. The fourth-order valence-corrected chi connectivity index (χ4v) is 1.57. The molecule has 0 amide bonds. The van der Waals surface area contributed by atoms with Crippen molar-refractivity contribution in [3.05, 3.63) is 60.2 Å². The second-order valence-electron chi connectivity index (χ2n) is 3.46. The first-order valence-corrected chi connectivity index (χ1v) is 5.01. The zero-order valence-corrected chi connectivity index (χ0v) is 8.68. The van der Waals surface area contributed by atoms with Gasteiger partial charge in [0.05, 0.1) is 6.21 Å². The molecule has 0 unspecified atom stereocenters. The molecule has 0 aliphatic carbocycles. The summed E-state index contributed by atoms with van der Waals surface area (Å²) in [6.07, 6.45) is 0.837. The van der Waals surface area contributed by atoms with Crippen molar-refractivity contribution in [3.63, 3.8) is 0 Å². The summed E-state index contributed by atoms with van der Waals surface area (Å²) in [6, 6.07) is 17.2. The SMILES string of the molecule is N=CC(=O)c1cccc(-c2ccccc2)c1. The molecule has 0 fully saturated rings. The molecule has 0 saturated carbocycles. The second kappa shape index (κ2) is 4.53. The van der Waals surface area contributed by atoms with Crippen LogP contribution in [0.25, 0.3) is 11.1 Å². The molecule has 0 saturated heterocycles. The lowest BCUT2D eigenvalue weighted by Crippen LogP contribution is -1.98. The molecule has 78 valence electrons. The van der Waals surface area contributed by atoms with E-state index < -0.39 is 0 Å². The van der Waals surface area contributed by atoms with E-state index in [9.17, 15) is 4.79 Å². The van der Waals surface area contributed by atoms with Gasteiger partial charge in [-0.3, -0.25) is 4.79 Å². The highest BCUT2D eigenvalue weighted by Crippen LogP contribution is 2.19. The van der Waals surface area contributed by atoms with Gasteiger partial charge >= 0.3 is 0 Å². The zero-order chi connectivity index (χ0) is 11.4. The Balaban J connectivity index is 2.44. The number of hydrogen-bond acceptors (Lipinski definition) is 2.